The van der Waals surface area contributed by atoms with Crippen molar-refractivity contribution in [1.82, 2.24) is 0 Å². The van der Waals surface area contributed by atoms with Crippen LogP contribution in [0.3, 0.4) is 0 Å². The Bertz CT molecular complexity index is 974. The molecule has 0 aromatic rings. The molecule has 46 heavy (non-hydrogen) atoms. The largest absolute Gasteiger partial charge is 0.298 e. The molecule has 4 rings (SSSR count). The molecule has 0 saturated heterocycles. The van der Waals surface area contributed by atoms with Crippen molar-refractivity contribution in [2.45, 2.75) is 168 Å². The van der Waals surface area contributed by atoms with Gasteiger partial charge in [-0.3, -0.25) is 4.79 Å². The van der Waals surface area contributed by atoms with Gasteiger partial charge in [0, 0.05) is 12.8 Å². The van der Waals surface area contributed by atoms with Crippen LogP contribution < -0.4 is 0 Å². The van der Waals surface area contributed by atoms with Crippen molar-refractivity contribution in [2.75, 3.05) is 0 Å². The van der Waals surface area contributed by atoms with Gasteiger partial charge in [-0.2, -0.15) is 0 Å². The summed E-state index contributed by atoms with van der Waals surface area (Å²) in [5.41, 5.74) is -0.608. The number of carbonyl (C=O) groups excluding carboxylic acids is 1. The molecule has 260 valence electrons. The number of Topliss-reactive ketones (excluding diaryl/α,β-unsaturated/α-hetero) is 1. The first-order chi connectivity index (χ1) is 22.2. The first kappa shape index (κ1) is 37.2. The fourth-order valence-electron chi connectivity index (χ4n) is 9.15. The van der Waals surface area contributed by atoms with Crippen LogP contribution in [0, 0.1) is 34.5 Å². The monoisotopic (exact) mass is 646 g/mol. The van der Waals surface area contributed by atoms with Crippen molar-refractivity contribution in [3.8, 4) is 0 Å². The summed E-state index contributed by atoms with van der Waals surface area (Å²) in [6.45, 7) is 4.47. The van der Waals surface area contributed by atoms with Crippen LogP contribution in [0.1, 0.15) is 155 Å². The van der Waals surface area contributed by atoms with Gasteiger partial charge in [-0.1, -0.05) is 115 Å². The predicted octanol–water partition coefficient (Wildman–Crippen LogP) is 13.2. The third-order valence-corrected chi connectivity index (χ3v) is 12.1. The molecule has 2 atom stereocenters. The first-order valence-electron chi connectivity index (χ1n) is 19.1. The summed E-state index contributed by atoms with van der Waals surface area (Å²) >= 11 is 0. The summed E-state index contributed by atoms with van der Waals surface area (Å²) in [6, 6.07) is 0. The van der Waals surface area contributed by atoms with Crippen LogP contribution in [0.2, 0.25) is 0 Å². The van der Waals surface area contributed by atoms with Crippen LogP contribution >= 0.6 is 0 Å². The highest BCUT2D eigenvalue weighted by Gasteiger charge is 2.50. The van der Waals surface area contributed by atoms with E-state index < -0.39 is 42.3 Å². The van der Waals surface area contributed by atoms with Gasteiger partial charge in [-0.05, 0) is 99.0 Å². The lowest BCUT2D eigenvalue weighted by Gasteiger charge is -2.42. The maximum absolute atomic E-state index is 14.4. The zero-order valence-corrected chi connectivity index (χ0v) is 28.9. The Morgan fingerprint density at radius 1 is 0.630 bits per heavy atom. The maximum atomic E-state index is 14.4. The second-order valence-electron chi connectivity index (χ2n) is 15.4. The number of hydrogen-bond acceptors (Lipinski definition) is 1. The summed E-state index contributed by atoms with van der Waals surface area (Å²) in [5.74, 6) is 1.88. The lowest BCUT2D eigenvalue weighted by atomic mass is 9.60. The number of hydrogen-bond donors (Lipinski definition) is 0. The fourth-order valence-corrected chi connectivity index (χ4v) is 9.15. The van der Waals surface area contributed by atoms with Gasteiger partial charge >= 0.3 is 0 Å². The van der Waals surface area contributed by atoms with Crippen LogP contribution in [-0.4, -0.2) is 18.6 Å². The van der Waals surface area contributed by atoms with Gasteiger partial charge in [0.2, 0.25) is 12.9 Å². The summed E-state index contributed by atoms with van der Waals surface area (Å²) < 4.78 is 56.4. The number of halogens is 4. The van der Waals surface area contributed by atoms with Crippen LogP contribution in [0.25, 0.3) is 0 Å². The van der Waals surface area contributed by atoms with E-state index in [1.807, 2.05) is 24.3 Å². The van der Waals surface area contributed by atoms with Crippen molar-refractivity contribution in [3.05, 3.63) is 47.6 Å². The molecule has 0 heterocycles. The quantitative estimate of drug-likeness (QED) is 0.107. The van der Waals surface area contributed by atoms with Crippen molar-refractivity contribution in [3.63, 3.8) is 0 Å². The minimum absolute atomic E-state index is 0.177. The summed E-state index contributed by atoms with van der Waals surface area (Å²) in [6.07, 6.45) is 27.0. The van der Waals surface area contributed by atoms with E-state index in [2.05, 4.69) is 13.8 Å². The summed E-state index contributed by atoms with van der Waals surface area (Å²) in [4.78, 5) is 14.4. The average Bonchev–Trinajstić information content (AvgIpc) is 3.05. The van der Waals surface area contributed by atoms with Crippen LogP contribution in [0.5, 0.6) is 0 Å². The number of carbonyl (C=O) groups is 1. The lowest BCUT2D eigenvalue weighted by Crippen LogP contribution is -2.45. The van der Waals surface area contributed by atoms with Crippen LogP contribution in [0.15, 0.2) is 47.6 Å². The molecule has 0 aromatic heterocycles. The highest BCUT2D eigenvalue weighted by molar-refractivity contribution is 5.94. The zero-order valence-electron chi connectivity index (χ0n) is 28.9. The van der Waals surface area contributed by atoms with E-state index in [-0.39, 0.29) is 12.8 Å². The normalized spacial score (nSPS) is 31.7. The Morgan fingerprint density at radius 3 is 1.33 bits per heavy atom. The Hall–Kier alpha value is -1.65. The minimum atomic E-state index is -2.69. The third kappa shape index (κ3) is 10.2. The number of ketones is 1. The number of unbranched alkanes of at least 4 members (excludes halogenated alkanes) is 6. The lowest BCUT2D eigenvalue weighted by molar-refractivity contribution is -0.138. The summed E-state index contributed by atoms with van der Waals surface area (Å²) in [7, 11) is 0. The van der Waals surface area contributed by atoms with E-state index in [0.29, 0.717) is 11.8 Å². The molecule has 0 bridgehead atoms. The fraction of sp³-hybridized carbons (Fsp3) is 0.780. The Morgan fingerprint density at radius 2 is 1.02 bits per heavy atom. The van der Waals surface area contributed by atoms with E-state index in [4.69, 9.17) is 0 Å². The van der Waals surface area contributed by atoms with Gasteiger partial charge in [-0.25, -0.2) is 17.6 Å². The van der Waals surface area contributed by atoms with Crippen molar-refractivity contribution >= 4 is 5.78 Å². The molecule has 2 fully saturated rings. The smallest absolute Gasteiger partial charge is 0.239 e. The number of rotatable bonds is 18. The molecule has 0 aromatic carbocycles. The molecule has 4 aliphatic rings. The van der Waals surface area contributed by atoms with Gasteiger partial charge < -0.3 is 0 Å². The van der Waals surface area contributed by atoms with Gasteiger partial charge in [0.1, 0.15) is 0 Å². The van der Waals surface area contributed by atoms with Crippen LogP contribution in [-0.2, 0) is 4.79 Å². The van der Waals surface area contributed by atoms with Gasteiger partial charge in [0.05, 0.1) is 10.8 Å². The molecular formula is C41H62F4O. The number of allylic oxidation sites excluding steroid dienone is 8. The molecule has 0 radical (unpaired) electrons. The van der Waals surface area contributed by atoms with Gasteiger partial charge in [-0.15, -0.1) is 0 Å². The average molecular weight is 647 g/mol. The third-order valence-electron chi connectivity index (χ3n) is 12.1. The van der Waals surface area contributed by atoms with E-state index in [0.717, 1.165) is 48.7 Å². The van der Waals surface area contributed by atoms with Crippen molar-refractivity contribution in [1.29, 1.82) is 0 Å². The Kier molecular flexibility index (Phi) is 14.7. The molecule has 2 unspecified atom stereocenters. The Balaban J connectivity index is 1.39. The molecule has 0 aliphatic heterocycles. The first-order valence-corrected chi connectivity index (χ1v) is 19.1. The summed E-state index contributed by atoms with van der Waals surface area (Å²) in [5, 5.41) is 0. The van der Waals surface area contributed by atoms with Crippen molar-refractivity contribution in [2.24, 2.45) is 34.5 Å². The second kappa shape index (κ2) is 18.2. The molecule has 0 spiro atoms. The topological polar surface area (TPSA) is 17.1 Å². The van der Waals surface area contributed by atoms with Crippen LogP contribution in [0.4, 0.5) is 17.6 Å². The zero-order chi connectivity index (χ0) is 33.0. The maximum Gasteiger partial charge on any atom is 0.239 e. The SMILES string of the molecule is CCCCCCC1CCC(C2=CCC(CC(F)F)(C(=O)C3(CC(F)F)C=CC(C4CCC(CCCCCC)CC4)=CC3)C=C2)CC1. The predicted molar refractivity (Wildman–Crippen MR) is 183 cm³/mol. The van der Waals surface area contributed by atoms with Crippen molar-refractivity contribution < 1.29 is 22.4 Å². The molecule has 0 amide bonds. The van der Waals surface area contributed by atoms with E-state index in [9.17, 15) is 22.4 Å². The van der Waals surface area contributed by atoms with Gasteiger partial charge in [0.15, 0.2) is 5.78 Å². The van der Waals surface area contributed by atoms with E-state index in [1.54, 1.807) is 12.2 Å². The number of alkyl halides is 4. The second-order valence-corrected chi connectivity index (χ2v) is 15.4. The minimum Gasteiger partial charge on any atom is -0.298 e. The molecule has 1 nitrogen and oxygen atoms in total. The molecule has 2 saturated carbocycles. The molecular weight excluding hydrogens is 584 g/mol. The van der Waals surface area contributed by atoms with E-state index in [1.165, 1.54) is 89.9 Å². The molecule has 5 heteroatoms. The van der Waals surface area contributed by atoms with E-state index >= 15 is 0 Å². The Labute approximate surface area is 277 Å². The molecule has 4 aliphatic carbocycles. The molecule has 0 N–H and O–H groups in total. The highest BCUT2D eigenvalue weighted by Crippen LogP contribution is 2.50. The standard InChI is InChI=1S/C41H62F4O/c1-3-5-7-9-11-31-13-17-33(18-14-31)35-21-25-40(26-22-35,29-37(42)43)39(46)41(30-38(44)45)27-23-36(24-28-41)34-19-15-32(16-20-34)12-10-8-6-4-2/h21-25,27,31-34,37-38H,3-20,26,28-30H2,1-2H3. The van der Waals surface area contributed by atoms with Gasteiger partial charge in [0.25, 0.3) is 0 Å². The highest BCUT2D eigenvalue weighted by atomic mass is 19.3.